The van der Waals surface area contributed by atoms with E-state index in [-0.39, 0.29) is 12.5 Å². The molecule has 0 atom stereocenters. The number of aromatic nitrogens is 1. The van der Waals surface area contributed by atoms with Gasteiger partial charge in [0.05, 0.1) is 5.01 Å². The molecular weight excluding hydrogens is 308 g/mol. The molecule has 1 aliphatic rings. The van der Waals surface area contributed by atoms with Crippen LogP contribution in [0, 0.1) is 12.8 Å². The Labute approximate surface area is 140 Å². The number of carbonyl (C=O) groups excluding carboxylic acids is 1. The lowest BCUT2D eigenvalue weighted by Crippen LogP contribution is -2.39. The third-order valence-corrected chi connectivity index (χ3v) is 5.26. The summed E-state index contributed by atoms with van der Waals surface area (Å²) in [6.07, 6.45) is 2.52. The number of benzene rings is 1. The maximum absolute atomic E-state index is 12.5. The van der Waals surface area contributed by atoms with Crippen molar-refractivity contribution >= 4 is 17.2 Å². The maximum atomic E-state index is 12.5. The van der Waals surface area contributed by atoms with Gasteiger partial charge in [-0.25, -0.2) is 4.98 Å². The third-order valence-electron chi connectivity index (χ3n) is 4.41. The number of aliphatic hydroxyl groups excluding tert-OH is 1. The number of hydrogen-bond acceptors (Lipinski definition) is 4. The van der Waals surface area contributed by atoms with Gasteiger partial charge in [-0.2, -0.15) is 0 Å². The molecular formula is C18H22N2O2S. The molecule has 122 valence electrons. The van der Waals surface area contributed by atoms with Crippen molar-refractivity contribution in [1.82, 2.24) is 9.88 Å². The minimum atomic E-state index is 0.0211. The summed E-state index contributed by atoms with van der Waals surface area (Å²) in [5, 5.41) is 12.0. The summed E-state index contributed by atoms with van der Waals surface area (Å²) in [6.45, 7) is 3.73. The van der Waals surface area contributed by atoms with Gasteiger partial charge in [0.25, 0.3) is 5.91 Å². The number of piperidine rings is 1. The molecule has 5 heteroatoms. The molecule has 2 heterocycles. The van der Waals surface area contributed by atoms with Crippen LogP contribution >= 0.6 is 11.3 Å². The Balaban J connectivity index is 1.62. The number of hydrogen-bond donors (Lipinski definition) is 1. The summed E-state index contributed by atoms with van der Waals surface area (Å²) in [4.78, 5) is 18.9. The Morgan fingerprint density at radius 1 is 1.30 bits per heavy atom. The largest absolute Gasteiger partial charge is 0.396 e. The number of nitrogens with zero attached hydrogens (tertiary/aromatic N) is 2. The molecule has 1 aromatic carbocycles. The van der Waals surface area contributed by atoms with E-state index in [1.165, 1.54) is 11.1 Å². The zero-order valence-corrected chi connectivity index (χ0v) is 14.2. The van der Waals surface area contributed by atoms with E-state index >= 15 is 0 Å². The fourth-order valence-corrected chi connectivity index (χ4v) is 3.65. The van der Waals surface area contributed by atoms with Gasteiger partial charge in [0.2, 0.25) is 0 Å². The molecule has 1 aliphatic heterocycles. The first kappa shape index (κ1) is 16.1. The SMILES string of the molecule is Cc1ccc(Cc2nc(C(=O)N3CCC(CO)CC3)cs2)cc1. The van der Waals surface area contributed by atoms with E-state index in [1.807, 2.05) is 10.3 Å². The van der Waals surface area contributed by atoms with Gasteiger partial charge in [-0.3, -0.25) is 4.79 Å². The van der Waals surface area contributed by atoms with E-state index in [0.29, 0.717) is 11.6 Å². The predicted octanol–water partition coefficient (Wildman–Crippen LogP) is 2.89. The van der Waals surface area contributed by atoms with Gasteiger partial charge in [-0.1, -0.05) is 29.8 Å². The Hall–Kier alpha value is -1.72. The number of aliphatic hydroxyl groups is 1. The normalized spacial score (nSPS) is 15.8. The quantitative estimate of drug-likeness (QED) is 0.938. The van der Waals surface area contributed by atoms with E-state index in [2.05, 4.69) is 36.2 Å². The van der Waals surface area contributed by atoms with Crippen LogP contribution < -0.4 is 0 Å². The van der Waals surface area contributed by atoms with Gasteiger partial charge in [-0.05, 0) is 31.2 Å². The summed E-state index contributed by atoms with van der Waals surface area (Å²) in [6, 6.07) is 8.41. The topological polar surface area (TPSA) is 53.4 Å². The highest BCUT2D eigenvalue weighted by atomic mass is 32.1. The Kier molecular flexibility index (Phi) is 5.08. The Morgan fingerprint density at radius 2 is 2.00 bits per heavy atom. The molecule has 1 saturated heterocycles. The second-order valence-corrected chi connectivity index (χ2v) is 7.15. The number of likely N-dealkylation sites (tertiary alicyclic amines) is 1. The average molecular weight is 330 g/mol. The summed E-state index contributed by atoms with van der Waals surface area (Å²) in [5.74, 6) is 0.361. The van der Waals surface area contributed by atoms with Gasteiger partial charge >= 0.3 is 0 Å². The van der Waals surface area contributed by atoms with Crippen molar-refractivity contribution in [1.29, 1.82) is 0 Å². The fourth-order valence-electron chi connectivity index (χ4n) is 2.85. The van der Waals surface area contributed by atoms with Crippen molar-refractivity contribution in [2.45, 2.75) is 26.2 Å². The summed E-state index contributed by atoms with van der Waals surface area (Å²) >= 11 is 1.55. The minimum Gasteiger partial charge on any atom is -0.396 e. The standard InChI is InChI=1S/C18H22N2O2S/c1-13-2-4-14(5-3-13)10-17-19-16(12-23-17)18(22)20-8-6-15(11-21)7-9-20/h2-5,12,15,21H,6-11H2,1H3. The minimum absolute atomic E-state index is 0.0211. The van der Waals surface area contributed by atoms with Crippen LogP contribution in [-0.4, -0.2) is 40.6 Å². The van der Waals surface area contributed by atoms with Crippen LogP contribution in [-0.2, 0) is 6.42 Å². The van der Waals surface area contributed by atoms with Crippen LogP contribution in [0.4, 0.5) is 0 Å². The smallest absolute Gasteiger partial charge is 0.273 e. The first-order chi connectivity index (χ1) is 11.2. The molecule has 0 bridgehead atoms. The molecule has 1 amide bonds. The van der Waals surface area contributed by atoms with Crippen molar-refractivity contribution in [3.63, 3.8) is 0 Å². The highest BCUT2D eigenvalue weighted by Crippen LogP contribution is 2.20. The predicted molar refractivity (Wildman–Crippen MR) is 91.8 cm³/mol. The highest BCUT2D eigenvalue weighted by molar-refractivity contribution is 7.09. The molecule has 4 nitrogen and oxygen atoms in total. The molecule has 0 radical (unpaired) electrons. The zero-order valence-electron chi connectivity index (χ0n) is 13.4. The lowest BCUT2D eigenvalue weighted by molar-refractivity contribution is 0.0646. The summed E-state index contributed by atoms with van der Waals surface area (Å²) in [7, 11) is 0. The Morgan fingerprint density at radius 3 is 2.65 bits per heavy atom. The molecule has 23 heavy (non-hydrogen) atoms. The highest BCUT2D eigenvalue weighted by Gasteiger charge is 2.24. The van der Waals surface area contributed by atoms with E-state index in [1.54, 1.807) is 11.3 Å². The third kappa shape index (κ3) is 3.98. The van der Waals surface area contributed by atoms with E-state index in [0.717, 1.165) is 37.4 Å². The van der Waals surface area contributed by atoms with Crippen molar-refractivity contribution in [3.05, 3.63) is 51.5 Å². The summed E-state index contributed by atoms with van der Waals surface area (Å²) < 4.78 is 0. The van der Waals surface area contributed by atoms with Crippen LogP contribution in [0.1, 0.15) is 39.5 Å². The molecule has 1 N–H and O–H groups in total. The number of amides is 1. The lowest BCUT2D eigenvalue weighted by atomic mass is 9.98. The zero-order chi connectivity index (χ0) is 16.2. The summed E-state index contributed by atoms with van der Waals surface area (Å²) in [5.41, 5.74) is 3.02. The fraction of sp³-hybridized carbons (Fsp3) is 0.444. The van der Waals surface area contributed by atoms with Gasteiger partial charge in [-0.15, -0.1) is 11.3 Å². The molecule has 0 aliphatic carbocycles. The molecule has 0 spiro atoms. The molecule has 0 saturated carbocycles. The second-order valence-electron chi connectivity index (χ2n) is 6.21. The van der Waals surface area contributed by atoms with Crippen LogP contribution in [0.5, 0.6) is 0 Å². The number of aryl methyl sites for hydroxylation is 1. The molecule has 3 rings (SSSR count). The van der Waals surface area contributed by atoms with E-state index in [4.69, 9.17) is 0 Å². The van der Waals surface area contributed by atoms with Crippen molar-refractivity contribution in [2.75, 3.05) is 19.7 Å². The first-order valence-electron chi connectivity index (χ1n) is 8.06. The van der Waals surface area contributed by atoms with Crippen molar-refractivity contribution in [3.8, 4) is 0 Å². The molecule has 1 aromatic heterocycles. The average Bonchev–Trinajstić information content (AvgIpc) is 3.05. The maximum Gasteiger partial charge on any atom is 0.273 e. The lowest BCUT2D eigenvalue weighted by Gasteiger charge is -2.30. The van der Waals surface area contributed by atoms with Gasteiger partial charge in [0.1, 0.15) is 5.69 Å². The van der Waals surface area contributed by atoms with Crippen molar-refractivity contribution < 1.29 is 9.90 Å². The number of carbonyl (C=O) groups is 1. The molecule has 2 aromatic rings. The molecule has 0 unspecified atom stereocenters. The van der Waals surface area contributed by atoms with E-state index < -0.39 is 0 Å². The monoisotopic (exact) mass is 330 g/mol. The number of thiazole rings is 1. The van der Waals surface area contributed by atoms with Crippen LogP contribution in [0.25, 0.3) is 0 Å². The van der Waals surface area contributed by atoms with Gasteiger partial charge in [0, 0.05) is 31.5 Å². The van der Waals surface area contributed by atoms with Crippen LogP contribution in [0.2, 0.25) is 0 Å². The van der Waals surface area contributed by atoms with Gasteiger partial charge < -0.3 is 10.0 Å². The van der Waals surface area contributed by atoms with Gasteiger partial charge in [0.15, 0.2) is 0 Å². The van der Waals surface area contributed by atoms with Crippen LogP contribution in [0.15, 0.2) is 29.6 Å². The van der Waals surface area contributed by atoms with Crippen molar-refractivity contribution in [2.24, 2.45) is 5.92 Å². The Bertz CT molecular complexity index is 658. The first-order valence-corrected chi connectivity index (χ1v) is 8.94. The van der Waals surface area contributed by atoms with E-state index in [9.17, 15) is 9.90 Å². The second kappa shape index (κ2) is 7.23. The number of rotatable bonds is 4. The molecule has 1 fully saturated rings. The van der Waals surface area contributed by atoms with Crippen LogP contribution in [0.3, 0.4) is 0 Å².